The molecule has 1 heterocycles. The Balaban J connectivity index is 2.12. The first-order chi connectivity index (χ1) is 9.56. The first-order valence-corrected chi connectivity index (χ1v) is 6.70. The molecule has 110 valence electrons. The summed E-state index contributed by atoms with van der Waals surface area (Å²) in [5.41, 5.74) is 0.0170. The molecule has 0 aromatic heterocycles. The molecule has 1 aromatic carbocycles. The number of nitrogens with one attached hydrogen (secondary N) is 2. The third kappa shape index (κ3) is 4.05. The largest absolute Gasteiger partial charge is 0.434 e. The fraction of sp³-hybridized carbons (Fsp3) is 0.462. The van der Waals surface area contributed by atoms with Crippen molar-refractivity contribution in [2.45, 2.75) is 25.5 Å². The highest BCUT2D eigenvalue weighted by atomic mass is 35.5. The number of amides is 1. The standard InChI is InChI=1S/C13H15ClF2N2O2/c14-8-3-4-11(20-13(15)16)10(6-8)12(19)18-9-2-1-5-17-7-9/h3-4,6,9,13,17H,1-2,5,7H2,(H,18,19). The van der Waals surface area contributed by atoms with Gasteiger partial charge in [-0.2, -0.15) is 8.78 Å². The molecule has 1 aromatic rings. The van der Waals surface area contributed by atoms with Crippen LogP contribution in [-0.2, 0) is 0 Å². The fourth-order valence-electron chi connectivity index (χ4n) is 2.12. The van der Waals surface area contributed by atoms with Crippen LogP contribution in [-0.4, -0.2) is 31.7 Å². The monoisotopic (exact) mass is 304 g/mol. The van der Waals surface area contributed by atoms with Crippen LogP contribution in [0.3, 0.4) is 0 Å². The van der Waals surface area contributed by atoms with Crippen LogP contribution in [0, 0.1) is 0 Å². The summed E-state index contributed by atoms with van der Waals surface area (Å²) in [7, 11) is 0. The molecular weight excluding hydrogens is 290 g/mol. The van der Waals surface area contributed by atoms with Crippen molar-refractivity contribution in [3.8, 4) is 5.75 Å². The van der Waals surface area contributed by atoms with Crippen LogP contribution >= 0.6 is 11.6 Å². The quantitative estimate of drug-likeness (QED) is 0.898. The summed E-state index contributed by atoms with van der Waals surface area (Å²) in [6.45, 7) is -1.40. The minimum Gasteiger partial charge on any atom is -0.434 e. The Morgan fingerprint density at radius 2 is 2.30 bits per heavy atom. The molecule has 4 nitrogen and oxygen atoms in total. The van der Waals surface area contributed by atoms with Crippen LogP contribution in [0.25, 0.3) is 0 Å². The van der Waals surface area contributed by atoms with E-state index in [1.54, 1.807) is 0 Å². The highest BCUT2D eigenvalue weighted by Gasteiger charge is 2.20. The summed E-state index contributed by atoms with van der Waals surface area (Å²) >= 11 is 5.80. The van der Waals surface area contributed by atoms with E-state index in [2.05, 4.69) is 15.4 Å². The summed E-state index contributed by atoms with van der Waals surface area (Å²) in [5.74, 6) is -0.637. The molecule has 1 unspecified atom stereocenters. The van der Waals surface area contributed by atoms with E-state index in [1.807, 2.05) is 0 Å². The van der Waals surface area contributed by atoms with Gasteiger partial charge in [-0.3, -0.25) is 4.79 Å². The Kier molecular flexibility index (Phi) is 5.14. The highest BCUT2D eigenvalue weighted by molar-refractivity contribution is 6.31. The van der Waals surface area contributed by atoms with Gasteiger partial charge >= 0.3 is 6.61 Å². The van der Waals surface area contributed by atoms with Crippen molar-refractivity contribution in [2.75, 3.05) is 13.1 Å². The fourth-order valence-corrected chi connectivity index (χ4v) is 2.29. The zero-order chi connectivity index (χ0) is 14.5. The molecule has 1 atom stereocenters. The lowest BCUT2D eigenvalue weighted by atomic mass is 10.1. The summed E-state index contributed by atoms with van der Waals surface area (Å²) in [5, 5.41) is 6.24. The molecule has 1 fully saturated rings. The van der Waals surface area contributed by atoms with E-state index in [4.69, 9.17) is 11.6 Å². The van der Waals surface area contributed by atoms with Crippen molar-refractivity contribution in [3.63, 3.8) is 0 Å². The first kappa shape index (κ1) is 15.0. The number of ether oxygens (including phenoxy) is 1. The first-order valence-electron chi connectivity index (χ1n) is 6.32. The number of carbonyl (C=O) groups excluding carboxylic acids is 1. The van der Waals surface area contributed by atoms with E-state index in [-0.39, 0.29) is 17.4 Å². The van der Waals surface area contributed by atoms with Crippen molar-refractivity contribution >= 4 is 17.5 Å². The molecule has 1 aliphatic heterocycles. The van der Waals surface area contributed by atoms with Crippen molar-refractivity contribution in [3.05, 3.63) is 28.8 Å². The maximum Gasteiger partial charge on any atom is 0.387 e. The van der Waals surface area contributed by atoms with Gasteiger partial charge in [0.25, 0.3) is 5.91 Å². The molecule has 0 bridgehead atoms. The smallest absolute Gasteiger partial charge is 0.387 e. The molecule has 20 heavy (non-hydrogen) atoms. The molecule has 0 radical (unpaired) electrons. The third-order valence-electron chi connectivity index (χ3n) is 3.03. The van der Waals surface area contributed by atoms with Gasteiger partial charge in [0.15, 0.2) is 0 Å². The third-order valence-corrected chi connectivity index (χ3v) is 3.27. The van der Waals surface area contributed by atoms with Gasteiger partial charge < -0.3 is 15.4 Å². The van der Waals surface area contributed by atoms with E-state index in [9.17, 15) is 13.6 Å². The van der Waals surface area contributed by atoms with Gasteiger partial charge in [0.05, 0.1) is 5.56 Å². The van der Waals surface area contributed by atoms with E-state index >= 15 is 0 Å². The van der Waals surface area contributed by atoms with Crippen LogP contribution < -0.4 is 15.4 Å². The molecule has 1 aliphatic rings. The lowest BCUT2D eigenvalue weighted by molar-refractivity contribution is -0.0501. The number of alkyl halides is 2. The Bertz CT molecular complexity index is 479. The topological polar surface area (TPSA) is 50.4 Å². The van der Waals surface area contributed by atoms with Crippen molar-refractivity contribution in [1.82, 2.24) is 10.6 Å². The van der Waals surface area contributed by atoms with Crippen molar-refractivity contribution in [1.29, 1.82) is 0 Å². The molecule has 0 saturated carbocycles. The van der Waals surface area contributed by atoms with Gasteiger partial charge in [0.2, 0.25) is 0 Å². The minimum absolute atomic E-state index is 0.0170. The molecular formula is C13H15ClF2N2O2. The van der Waals surface area contributed by atoms with Gasteiger partial charge in [-0.05, 0) is 37.6 Å². The zero-order valence-electron chi connectivity index (χ0n) is 10.7. The van der Waals surface area contributed by atoms with Gasteiger partial charge in [0.1, 0.15) is 5.75 Å². The minimum atomic E-state index is -2.99. The van der Waals surface area contributed by atoms with E-state index in [0.29, 0.717) is 11.6 Å². The maximum absolute atomic E-state index is 12.3. The van der Waals surface area contributed by atoms with Crippen molar-refractivity contribution < 1.29 is 18.3 Å². The average Bonchev–Trinajstić information content (AvgIpc) is 2.41. The number of hydrogen-bond donors (Lipinski definition) is 2. The Morgan fingerprint density at radius 3 is 2.95 bits per heavy atom. The molecule has 1 saturated heterocycles. The number of piperidine rings is 1. The van der Waals surface area contributed by atoms with Gasteiger partial charge in [-0.25, -0.2) is 0 Å². The average molecular weight is 305 g/mol. The second kappa shape index (κ2) is 6.85. The van der Waals surface area contributed by atoms with Crippen LogP contribution in [0.2, 0.25) is 5.02 Å². The normalized spacial score (nSPS) is 18.9. The highest BCUT2D eigenvalue weighted by Crippen LogP contribution is 2.24. The molecule has 2 N–H and O–H groups in total. The predicted octanol–water partition coefficient (Wildman–Crippen LogP) is 2.42. The Labute approximate surface area is 120 Å². The molecule has 2 rings (SSSR count). The summed E-state index contributed by atoms with van der Waals surface area (Å²) in [6.07, 6.45) is 1.81. The molecule has 1 amide bonds. The zero-order valence-corrected chi connectivity index (χ0v) is 11.4. The lowest BCUT2D eigenvalue weighted by Gasteiger charge is -2.24. The van der Waals surface area contributed by atoms with Gasteiger partial charge in [0, 0.05) is 17.6 Å². The SMILES string of the molecule is O=C(NC1CCCNC1)c1cc(Cl)ccc1OC(F)F. The van der Waals surface area contributed by atoms with Crippen LogP contribution in [0.4, 0.5) is 8.78 Å². The summed E-state index contributed by atoms with van der Waals surface area (Å²) < 4.78 is 29.0. The molecule has 0 aliphatic carbocycles. The molecule has 0 spiro atoms. The Hall–Kier alpha value is -1.40. The van der Waals surface area contributed by atoms with Gasteiger partial charge in [-0.15, -0.1) is 0 Å². The number of hydrogen-bond acceptors (Lipinski definition) is 3. The van der Waals surface area contributed by atoms with Gasteiger partial charge in [-0.1, -0.05) is 11.6 Å². The second-order valence-electron chi connectivity index (χ2n) is 4.54. The van der Waals surface area contributed by atoms with E-state index in [0.717, 1.165) is 19.4 Å². The maximum atomic E-state index is 12.3. The van der Waals surface area contributed by atoms with E-state index in [1.165, 1.54) is 18.2 Å². The number of carbonyl (C=O) groups is 1. The number of rotatable bonds is 4. The predicted molar refractivity (Wildman–Crippen MR) is 71.4 cm³/mol. The Morgan fingerprint density at radius 1 is 1.50 bits per heavy atom. The number of benzene rings is 1. The van der Waals surface area contributed by atoms with Crippen LogP contribution in [0.1, 0.15) is 23.2 Å². The van der Waals surface area contributed by atoms with Crippen molar-refractivity contribution in [2.24, 2.45) is 0 Å². The molecule has 7 heteroatoms. The second-order valence-corrected chi connectivity index (χ2v) is 4.97. The van der Waals surface area contributed by atoms with Crippen LogP contribution in [0.15, 0.2) is 18.2 Å². The summed E-state index contributed by atoms with van der Waals surface area (Å²) in [4.78, 5) is 12.1. The number of halogens is 3. The van der Waals surface area contributed by atoms with E-state index < -0.39 is 12.5 Å². The lowest BCUT2D eigenvalue weighted by Crippen LogP contribution is -2.45. The summed E-state index contributed by atoms with van der Waals surface area (Å²) in [6, 6.07) is 3.97. The van der Waals surface area contributed by atoms with Crippen LogP contribution in [0.5, 0.6) is 5.75 Å².